The maximum absolute atomic E-state index is 4.35. The Morgan fingerprint density at radius 2 is 1.58 bits per heavy atom. The minimum absolute atomic E-state index is 0.579. The second-order valence-corrected chi connectivity index (χ2v) is 5.19. The first kappa shape index (κ1) is 11.9. The fraction of sp³-hybridized carbons (Fsp3) is 0.167. The van der Waals surface area contributed by atoms with Gasteiger partial charge in [0.15, 0.2) is 0 Å². The maximum Gasteiger partial charge on any atom is 0.0702 e. The summed E-state index contributed by atoms with van der Waals surface area (Å²) in [4.78, 5) is 4.35. The van der Waals surface area contributed by atoms with Crippen LogP contribution in [0.4, 0.5) is 0 Å². The number of hydrogen-bond donors (Lipinski definition) is 0. The number of aromatic nitrogens is 1. The number of pyridine rings is 1. The molecule has 0 spiro atoms. The minimum atomic E-state index is 0.579. The van der Waals surface area contributed by atoms with Gasteiger partial charge in [0.1, 0.15) is 0 Å². The van der Waals surface area contributed by atoms with Gasteiger partial charge in [0, 0.05) is 11.6 Å². The second-order valence-electron chi connectivity index (χ2n) is 5.19. The van der Waals surface area contributed by atoms with Gasteiger partial charge in [0.2, 0.25) is 0 Å². The zero-order chi connectivity index (χ0) is 13.2. The van der Waals surface area contributed by atoms with E-state index in [1.165, 1.54) is 22.1 Å². The van der Waals surface area contributed by atoms with E-state index >= 15 is 0 Å². The summed E-state index contributed by atoms with van der Waals surface area (Å²) in [6.07, 6.45) is 1.83. The van der Waals surface area contributed by atoms with Crippen molar-refractivity contribution in [2.45, 2.75) is 19.8 Å². The highest BCUT2D eigenvalue weighted by Gasteiger charge is 2.02. The average molecular weight is 247 g/mol. The van der Waals surface area contributed by atoms with E-state index in [0.29, 0.717) is 5.92 Å². The van der Waals surface area contributed by atoms with Crippen LogP contribution >= 0.6 is 0 Å². The Labute approximate surface area is 113 Å². The van der Waals surface area contributed by atoms with Gasteiger partial charge in [-0.25, -0.2) is 0 Å². The molecule has 94 valence electrons. The molecule has 2 aromatic carbocycles. The Kier molecular flexibility index (Phi) is 3.04. The van der Waals surface area contributed by atoms with Crippen LogP contribution in [0.3, 0.4) is 0 Å². The molecule has 3 aromatic rings. The molecule has 0 N–H and O–H groups in total. The highest BCUT2D eigenvalue weighted by molar-refractivity contribution is 5.84. The molecule has 0 amide bonds. The molecule has 0 saturated carbocycles. The van der Waals surface area contributed by atoms with Crippen molar-refractivity contribution < 1.29 is 0 Å². The van der Waals surface area contributed by atoms with Gasteiger partial charge in [-0.3, -0.25) is 4.98 Å². The van der Waals surface area contributed by atoms with Gasteiger partial charge in [-0.05, 0) is 40.8 Å². The zero-order valence-corrected chi connectivity index (χ0v) is 11.3. The van der Waals surface area contributed by atoms with Crippen LogP contribution in [-0.4, -0.2) is 4.98 Å². The zero-order valence-electron chi connectivity index (χ0n) is 11.3. The van der Waals surface area contributed by atoms with E-state index < -0.39 is 0 Å². The lowest BCUT2D eigenvalue weighted by Crippen LogP contribution is -1.87. The van der Waals surface area contributed by atoms with Crippen molar-refractivity contribution in [2.75, 3.05) is 0 Å². The first-order chi connectivity index (χ1) is 9.24. The van der Waals surface area contributed by atoms with Crippen LogP contribution in [0.2, 0.25) is 0 Å². The number of fused-ring (bicyclic) bond motifs is 1. The molecule has 0 unspecified atom stereocenters. The van der Waals surface area contributed by atoms with Gasteiger partial charge < -0.3 is 0 Å². The number of rotatable bonds is 2. The second kappa shape index (κ2) is 4.85. The standard InChI is InChI=1S/C18H17N/c1-13(2)14-5-7-15(8-6-14)16-9-10-18-17(12-16)4-3-11-19-18/h3-13H,1-2H3. The minimum Gasteiger partial charge on any atom is -0.256 e. The lowest BCUT2D eigenvalue weighted by molar-refractivity contribution is 0.867. The first-order valence-corrected chi connectivity index (χ1v) is 6.69. The highest BCUT2D eigenvalue weighted by Crippen LogP contribution is 2.25. The topological polar surface area (TPSA) is 12.9 Å². The summed E-state index contributed by atoms with van der Waals surface area (Å²) < 4.78 is 0. The van der Waals surface area contributed by atoms with E-state index in [-0.39, 0.29) is 0 Å². The van der Waals surface area contributed by atoms with Gasteiger partial charge in [-0.15, -0.1) is 0 Å². The SMILES string of the molecule is CC(C)c1ccc(-c2ccc3ncccc3c2)cc1. The molecule has 0 aliphatic carbocycles. The third-order valence-electron chi connectivity index (χ3n) is 3.51. The molecule has 0 radical (unpaired) electrons. The molecule has 1 heteroatoms. The number of hydrogen-bond acceptors (Lipinski definition) is 1. The molecule has 1 nitrogen and oxygen atoms in total. The van der Waals surface area contributed by atoms with Crippen LogP contribution in [0.15, 0.2) is 60.8 Å². The van der Waals surface area contributed by atoms with Crippen LogP contribution in [0.1, 0.15) is 25.3 Å². The largest absolute Gasteiger partial charge is 0.256 e. The van der Waals surface area contributed by atoms with E-state index in [0.717, 1.165) is 5.52 Å². The van der Waals surface area contributed by atoms with Gasteiger partial charge in [-0.2, -0.15) is 0 Å². The summed E-state index contributed by atoms with van der Waals surface area (Å²) >= 11 is 0. The molecule has 0 aliphatic heterocycles. The molecule has 1 heterocycles. The van der Waals surface area contributed by atoms with Gasteiger partial charge in [0.25, 0.3) is 0 Å². The van der Waals surface area contributed by atoms with E-state index in [1.54, 1.807) is 0 Å². The molecule has 0 aliphatic rings. The molecule has 0 saturated heterocycles. The summed E-state index contributed by atoms with van der Waals surface area (Å²) in [6, 6.07) is 19.3. The predicted molar refractivity (Wildman–Crippen MR) is 81.3 cm³/mol. The summed E-state index contributed by atoms with van der Waals surface area (Å²) in [7, 11) is 0. The van der Waals surface area contributed by atoms with E-state index in [4.69, 9.17) is 0 Å². The quantitative estimate of drug-likeness (QED) is 0.619. The lowest BCUT2D eigenvalue weighted by Gasteiger charge is -2.07. The summed E-state index contributed by atoms with van der Waals surface area (Å²) in [5, 5.41) is 1.19. The molecule has 0 bridgehead atoms. The van der Waals surface area contributed by atoms with Crippen molar-refractivity contribution >= 4 is 10.9 Å². The summed E-state index contributed by atoms with van der Waals surface area (Å²) in [6.45, 7) is 4.44. The molecular weight excluding hydrogens is 230 g/mol. The maximum atomic E-state index is 4.35. The van der Waals surface area contributed by atoms with Crippen molar-refractivity contribution in [3.8, 4) is 11.1 Å². The van der Waals surface area contributed by atoms with Crippen molar-refractivity contribution in [1.29, 1.82) is 0 Å². The van der Waals surface area contributed by atoms with Crippen molar-refractivity contribution in [1.82, 2.24) is 4.98 Å². The normalized spacial score (nSPS) is 11.1. The fourth-order valence-electron chi connectivity index (χ4n) is 2.32. The third kappa shape index (κ3) is 2.37. The molecule has 1 aromatic heterocycles. The predicted octanol–water partition coefficient (Wildman–Crippen LogP) is 5.03. The Morgan fingerprint density at radius 1 is 0.842 bits per heavy atom. The average Bonchev–Trinajstić information content (AvgIpc) is 2.47. The smallest absolute Gasteiger partial charge is 0.0702 e. The third-order valence-corrected chi connectivity index (χ3v) is 3.51. The Bertz CT molecular complexity index is 696. The summed E-state index contributed by atoms with van der Waals surface area (Å²) in [5.74, 6) is 0.579. The van der Waals surface area contributed by atoms with E-state index in [9.17, 15) is 0 Å². The number of nitrogens with zero attached hydrogens (tertiary/aromatic N) is 1. The van der Waals surface area contributed by atoms with Gasteiger partial charge in [-0.1, -0.05) is 50.2 Å². The first-order valence-electron chi connectivity index (χ1n) is 6.69. The molecule has 3 rings (SSSR count). The van der Waals surface area contributed by atoms with Crippen LogP contribution in [0, 0.1) is 0 Å². The Morgan fingerprint density at radius 3 is 2.32 bits per heavy atom. The van der Waals surface area contributed by atoms with E-state index in [2.05, 4.69) is 67.4 Å². The number of benzene rings is 2. The molecule has 0 atom stereocenters. The van der Waals surface area contributed by atoms with Crippen molar-refractivity contribution in [3.05, 3.63) is 66.4 Å². The van der Waals surface area contributed by atoms with E-state index in [1.807, 2.05) is 12.3 Å². The van der Waals surface area contributed by atoms with Gasteiger partial charge in [0.05, 0.1) is 5.52 Å². The van der Waals surface area contributed by atoms with Crippen LogP contribution in [0.5, 0.6) is 0 Å². The van der Waals surface area contributed by atoms with Gasteiger partial charge >= 0.3 is 0 Å². The Hall–Kier alpha value is -2.15. The molecule has 0 fully saturated rings. The molecular formula is C18H17N. The van der Waals surface area contributed by atoms with Crippen molar-refractivity contribution in [3.63, 3.8) is 0 Å². The summed E-state index contributed by atoms with van der Waals surface area (Å²) in [5.41, 5.74) is 4.93. The lowest BCUT2D eigenvalue weighted by atomic mass is 9.98. The highest BCUT2D eigenvalue weighted by atomic mass is 14.6. The van der Waals surface area contributed by atoms with Crippen LogP contribution in [0.25, 0.3) is 22.0 Å². The van der Waals surface area contributed by atoms with Crippen molar-refractivity contribution in [2.24, 2.45) is 0 Å². The molecule has 19 heavy (non-hydrogen) atoms. The monoisotopic (exact) mass is 247 g/mol. The fourth-order valence-corrected chi connectivity index (χ4v) is 2.32. The Balaban J connectivity index is 2.03. The van der Waals surface area contributed by atoms with Crippen LogP contribution in [-0.2, 0) is 0 Å². The van der Waals surface area contributed by atoms with Crippen LogP contribution < -0.4 is 0 Å².